The monoisotopic (exact) mass is 286 g/mol. The Morgan fingerprint density at radius 1 is 1.14 bits per heavy atom. The van der Waals surface area contributed by atoms with E-state index in [1.54, 1.807) is 0 Å². The third kappa shape index (κ3) is 3.62. The van der Waals surface area contributed by atoms with Crippen molar-refractivity contribution in [2.75, 3.05) is 5.32 Å². The summed E-state index contributed by atoms with van der Waals surface area (Å²) >= 11 is 0. The smallest absolute Gasteiger partial charge is 0.319 e. The van der Waals surface area contributed by atoms with Crippen molar-refractivity contribution < 1.29 is 4.79 Å². The van der Waals surface area contributed by atoms with Crippen LogP contribution in [0, 0.1) is 13.8 Å². The summed E-state index contributed by atoms with van der Waals surface area (Å²) in [6.07, 6.45) is 0. The molecule has 0 fully saturated rings. The molecule has 1 aromatic carbocycles. The lowest BCUT2D eigenvalue weighted by Crippen LogP contribution is -2.43. The molecule has 5 heteroatoms. The van der Waals surface area contributed by atoms with Gasteiger partial charge in [-0.25, -0.2) is 9.48 Å². The summed E-state index contributed by atoms with van der Waals surface area (Å²) in [5, 5.41) is 10.3. The maximum absolute atomic E-state index is 12.0. The second-order valence-electron chi connectivity index (χ2n) is 6.12. The summed E-state index contributed by atoms with van der Waals surface area (Å²) in [6.45, 7) is 9.66. The van der Waals surface area contributed by atoms with Crippen LogP contribution in [0.4, 0.5) is 10.5 Å². The molecule has 1 aromatic heterocycles. The molecule has 5 nitrogen and oxygen atoms in total. The number of urea groups is 1. The van der Waals surface area contributed by atoms with Crippen LogP contribution in [0.2, 0.25) is 0 Å². The molecular weight excluding hydrogens is 264 g/mol. The van der Waals surface area contributed by atoms with Crippen LogP contribution in [0.3, 0.4) is 0 Å². The summed E-state index contributed by atoms with van der Waals surface area (Å²) in [5.41, 5.74) is 3.15. The van der Waals surface area contributed by atoms with Crippen LogP contribution in [0.5, 0.6) is 0 Å². The first-order valence-corrected chi connectivity index (χ1v) is 6.99. The van der Waals surface area contributed by atoms with Crippen molar-refractivity contribution in [3.05, 3.63) is 41.7 Å². The molecule has 0 bridgehead atoms. The van der Waals surface area contributed by atoms with E-state index in [-0.39, 0.29) is 11.6 Å². The lowest BCUT2D eigenvalue weighted by atomic mass is 10.1. The van der Waals surface area contributed by atoms with Crippen molar-refractivity contribution in [3.8, 4) is 5.69 Å². The third-order valence-electron chi connectivity index (χ3n) is 3.02. The fraction of sp³-hybridized carbons (Fsp3) is 0.375. The highest BCUT2D eigenvalue weighted by Crippen LogP contribution is 2.22. The van der Waals surface area contributed by atoms with Gasteiger partial charge in [0.25, 0.3) is 0 Å². The maximum Gasteiger partial charge on any atom is 0.319 e. The van der Waals surface area contributed by atoms with E-state index in [9.17, 15) is 4.79 Å². The number of aromatic nitrogens is 2. The van der Waals surface area contributed by atoms with Gasteiger partial charge in [0.1, 0.15) is 0 Å². The van der Waals surface area contributed by atoms with Crippen molar-refractivity contribution >= 4 is 11.7 Å². The van der Waals surface area contributed by atoms with Crippen molar-refractivity contribution in [2.45, 2.75) is 40.2 Å². The van der Waals surface area contributed by atoms with Gasteiger partial charge in [-0.3, -0.25) is 0 Å². The first kappa shape index (κ1) is 15.1. The average molecular weight is 286 g/mol. The Morgan fingerprint density at radius 3 is 2.33 bits per heavy atom. The van der Waals surface area contributed by atoms with E-state index in [2.05, 4.69) is 15.7 Å². The molecule has 0 saturated carbocycles. The first-order valence-electron chi connectivity index (χ1n) is 6.99. The van der Waals surface area contributed by atoms with Gasteiger partial charge < -0.3 is 10.6 Å². The standard InChI is InChI=1S/C16H22N4O/c1-11-14(17-15(21)18-16(3,4)5)12(2)20(19-11)13-9-7-6-8-10-13/h6-10H,1-5H3,(H2,17,18,21). The molecule has 0 atom stereocenters. The molecule has 1 heterocycles. The average Bonchev–Trinajstić information content (AvgIpc) is 2.66. The zero-order valence-electron chi connectivity index (χ0n) is 13.2. The predicted octanol–water partition coefficient (Wildman–Crippen LogP) is 3.41. The van der Waals surface area contributed by atoms with Crippen LogP contribution < -0.4 is 10.6 Å². The number of aryl methyl sites for hydroxylation is 1. The zero-order valence-corrected chi connectivity index (χ0v) is 13.2. The number of amides is 2. The fourth-order valence-electron chi connectivity index (χ4n) is 2.13. The molecule has 0 aliphatic heterocycles. The van der Waals surface area contributed by atoms with Crippen LogP contribution >= 0.6 is 0 Å². The van der Waals surface area contributed by atoms with E-state index >= 15 is 0 Å². The van der Waals surface area contributed by atoms with E-state index in [0.29, 0.717) is 0 Å². The van der Waals surface area contributed by atoms with Gasteiger partial charge in [-0.15, -0.1) is 0 Å². The molecular formula is C16H22N4O. The van der Waals surface area contributed by atoms with Gasteiger partial charge in [0, 0.05) is 5.54 Å². The van der Waals surface area contributed by atoms with Gasteiger partial charge in [0.05, 0.1) is 22.8 Å². The van der Waals surface area contributed by atoms with Gasteiger partial charge in [-0.2, -0.15) is 5.10 Å². The number of para-hydroxylation sites is 1. The summed E-state index contributed by atoms with van der Waals surface area (Å²) in [6, 6.07) is 9.64. The van der Waals surface area contributed by atoms with E-state index in [1.165, 1.54) is 0 Å². The van der Waals surface area contributed by atoms with E-state index < -0.39 is 0 Å². The van der Waals surface area contributed by atoms with Crippen molar-refractivity contribution in [2.24, 2.45) is 0 Å². The minimum absolute atomic E-state index is 0.221. The van der Waals surface area contributed by atoms with E-state index in [4.69, 9.17) is 0 Å². The number of nitrogens with zero attached hydrogens (tertiary/aromatic N) is 2. The minimum Gasteiger partial charge on any atom is -0.333 e. The van der Waals surface area contributed by atoms with Gasteiger partial charge in [0.2, 0.25) is 0 Å². The van der Waals surface area contributed by atoms with Crippen LogP contribution in [0.25, 0.3) is 5.69 Å². The Morgan fingerprint density at radius 2 is 1.76 bits per heavy atom. The number of benzene rings is 1. The lowest BCUT2D eigenvalue weighted by molar-refractivity contribution is 0.244. The van der Waals surface area contributed by atoms with Crippen molar-refractivity contribution in [3.63, 3.8) is 0 Å². The number of anilines is 1. The van der Waals surface area contributed by atoms with Crippen molar-refractivity contribution in [1.82, 2.24) is 15.1 Å². The number of nitrogens with one attached hydrogen (secondary N) is 2. The van der Waals surface area contributed by atoms with Crippen LogP contribution in [-0.4, -0.2) is 21.4 Å². The molecule has 0 saturated heterocycles. The third-order valence-corrected chi connectivity index (χ3v) is 3.02. The second kappa shape index (κ2) is 5.60. The number of hydrogen-bond acceptors (Lipinski definition) is 2. The molecule has 0 aliphatic carbocycles. The number of hydrogen-bond donors (Lipinski definition) is 2. The molecule has 112 valence electrons. The summed E-state index contributed by atoms with van der Waals surface area (Å²) in [5.74, 6) is 0. The van der Waals surface area contributed by atoms with E-state index in [0.717, 1.165) is 22.8 Å². The van der Waals surface area contributed by atoms with Crippen LogP contribution in [-0.2, 0) is 0 Å². The summed E-state index contributed by atoms with van der Waals surface area (Å²) in [7, 11) is 0. The molecule has 0 spiro atoms. The van der Waals surface area contributed by atoms with Gasteiger partial charge in [-0.1, -0.05) is 18.2 Å². The topological polar surface area (TPSA) is 59.0 Å². The minimum atomic E-state index is -0.276. The number of carbonyl (C=O) groups is 1. The van der Waals surface area contributed by atoms with Crippen LogP contribution in [0.15, 0.2) is 30.3 Å². The highest BCUT2D eigenvalue weighted by atomic mass is 16.2. The molecule has 2 N–H and O–H groups in total. The number of carbonyl (C=O) groups excluding carboxylic acids is 1. The Bertz CT molecular complexity index is 638. The number of rotatable bonds is 2. The Balaban J connectivity index is 2.26. The molecule has 0 unspecified atom stereocenters. The van der Waals surface area contributed by atoms with Gasteiger partial charge in [-0.05, 0) is 46.8 Å². The van der Waals surface area contributed by atoms with E-state index in [1.807, 2.05) is 69.6 Å². The SMILES string of the molecule is Cc1nn(-c2ccccc2)c(C)c1NC(=O)NC(C)(C)C. The zero-order chi connectivity index (χ0) is 15.6. The second-order valence-corrected chi connectivity index (χ2v) is 6.12. The van der Waals surface area contributed by atoms with Crippen LogP contribution in [0.1, 0.15) is 32.2 Å². The molecule has 0 aliphatic rings. The largest absolute Gasteiger partial charge is 0.333 e. The Hall–Kier alpha value is -2.30. The normalized spacial score (nSPS) is 11.3. The highest BCUT2D eigenvalue weighted by Gasteiger charge is 2.18. The Labute approximate surface area is 125 Å². The maximum atomic E-state index is 12.0. The van der Waals surface area contributed by atoms with Gasteiger partial charge >= 0.3 is 6.03 Å². The molecule has 0 radical (unpaired) electrons. The molecule has 2 amide bonds. The first-order chi connectivity index (χ1) is 9.78. The predicted molar refractivity (Wildman–Crippen MR) is 84.9 cm³/mol. The summed E-state index contributed by atoms with van der Waals surface area (Å²) in [4.78, 5) is 12.0. The fourth-order valence-corrected chi connectivity index (χ4v) is 2.13. The Kier molecular flexibility index (Phi) is 4.02. The molecule has 2 aromatic rings. The quantitative estimate of drug-likeness (QED) is 0.888. The highest BCUT2D eigenvalue weighted by molar-refractivity contribution is 5.91. The van der Waals surface area contributed by atoms with Crippen molar-refractivity contribution in [1.29, 1.82) is 0 Å². The van der Waals surface area contributed by atoms with Gasteiger partial charge in [0.15, 0.2) is 0 Å². The molecule has 21 heavy (non-hydrogen) atoms. The molecule has 2 rings (SSSR count). The lowest BCUT2D eigenvalue weighted by Gasteiger charge is -2.20. The summed E-state index contributed by atoms with van der Waals surface area (Å²) < 4.78 is 1.84.